The molecule has 0 spiro atoms. The van der Waals surface area contributed by atoms with Gasteiger partial charge in [-0.2, -0.15) is 0 Å². The first-order valence-electron chi connectivity index (χ1n) is 8.23. The maximum atomic E-state index is 5.85. The van der Waals surface area contributed by atoms with Gasteiger partial charge in [-0.3, -0.25) is 4.99 Å². The Morgan fingerprint density at radius 3 is 2.71 bits per heavy atom. The van der Waals surface area contributed by atoms with E-state index in [2.05, 4.69) is 34.5 Å². The number of guanidine groups is 1. The van der Waals surface area contributed by atoms with E-state index in [9.17, 15) is 0 Å². The number of aryl methyl sites for hydroxylation is 1. The highest BCUT2D eigenvalue weighted by molar-refractivity contribution is 7.09. The van der Waals surface area contributed by atoms with Gasteiger partial charge in [0.25, 0.3) is 0 Å². The van der Waals surface area contributed by atoms with E-state index in [1.807, 2.05) is 0 Å². The normalized spacial score (nSPS) is 11.8. The molecule has 0 aliphatic carbocycles. The van der Waals surface area contributed by atoms with Crippen LogP contribution in [0.1, 0.15) is 63.1 Å². The van der Waals surface area contributed by atoms with Gasteiger partial charge in [0.15, 0.2) is 5.96 Å². The average Bonchev–Trinajstić information content (AvgIpc) is 2.94. The van der Waals surface area contributed by atoms with Crippen molar-refractivity contribution in [1.29, 1.82) is 0 Å². The lowest BCUT2D eigenvalue weighted by molar-refractivity contribution is 0.611. The molecule has 1 aromatic rings. The van der Waals surface area contributed by atoms with Crippen LogP contribution in [0.5, 0.6) is 0 Å². The maximum Gasteiger partial charge on any atom is 0.188 e. The molecule has 0 fully saturated rings. The Balaban J connectivity index is 2.04. The first kappa shape index (κ1) is 18.0. The first-order valence-corrected chi connectivity index (χ1v) is 9.11. The summed E-state index contributed by atoms with van der Waals surface area (Å²) in [6.07, 6.45) is 9.63. The van der Waals surface area contributed by atoms with Crippen LogP contribution in [0.2, 0.25) is 0 Å². The van der Waals surface area contributed by atoms with Crippen LogP contribution < -0.4 is 11.1 Å². The molecule has 0 unspecified atom stereocenters. The van der Waals surface area contributed by atoms with Gasteiger partial charge < -0.3 is 11.1 Å². The van der Waals surface area contributed by atoms with E-state index in [0.29, 0.717) is 5.96 Å². The Hall–Kier alpha value is -1.10. The Bertz CT molecular complexity index is 401. The van der Waals surface area contributed by atoms with E-state index in [-0.39, 0.29) is 0 Å². The number of rotatable bonds is 11. The van der Waals surface area contributed by atoms with Crippen molar-refractivity contribution >= 4 is 17.3 Å². The molecule has 0 aliphatic rings. The van der Waals surface area contributed by atoms with Crippen LogP contribution in [0.15, 0.2) is 10.4 Å². The molecule has 3 N–H and O–H groups in total. The van der Waals surface area contributed by atoms with E-state index in [1.54, 1.807) is 11.3 Å². The highest BCUT2D eigenvalue weighted by Gasteiger charge is 2.00. The third kappa shape index (κ3) is 8.71. The zero-order valence-electron chi connectivity index (χ0n) is 13.5. The minimum absolute atomic E-state index is 0.564. The molecule has 1 rings (SSSR count). The Morgan fingerprint density at radius 1 is 1.24 bits per heavy atom. The van der Waals surface area contributed by atoms with Crippen molar-refractivity contribution < 1.29 is 0 Å². The minimum Gasteiger partial charge on any atom is -0.370 e. The summed E-state index contributed by atoms with van der Waals surface area (Å²) in [5.74, 6) is 0.564. The van der Waals surface area contributed by atoms with Gasteiger partial charge >= 0.3 is 0 Å². The number of nitrogens with zero attached hydrogens (tertiary/aromatic N) is 2. The second-order valence-electron chi connectivity index (χ2n) is 5.30. The Labute approximate surface area is 133 Å². The van der Waals surface area contributed by atoms with Crippen LogP contribution >= 0.6 is 11.3 Å². The third-order valence-electron chi connectivity index (χ3n) is 3.38. The number of hydrogen-bond acceptors (Lipinski definition) is 3. The summed E-state index contributed by atoms with van der Waals surface area (Å²) in [7, 11) is 0. The van der Waals surface area contributed by atoms with E-state index in [4.69, 9.17) is 5.73 Å². The highest BCUT2D eigenvalue weighted by atomic mass is 32.1. The van der Waals surface area contributed by atoms with Crippen LogP contribution in [0.25, 0.3) is 0 Å². The minimum atomic E-state index is 0.564. The van der Waals surface area contributed by atoms with Gasteiger partial charge in [-0.25, -0.2) is 4.98 Å². The first-order chi connectivity index (χ1) is 10.3. The summed E-state index contributed by atoms with van der Waals surface area (Å²) in [5.41, 5.74) is 7.00. The summed E-state index contributed by atoms with van der Waals surface area (Å²) in [4.78, 5) is 8.89. The van der Waals surface area contributed by atoms with Crippen molar-refractivity contribution in [2.75, 3.05) is 13.1 Å². The van der Waals surface area contributed by atoms with Gasteiger partial charge in [-0.1, -0.05) is 46.0 Å². The summed E-state index contributed by atoms with van der Waals surface area (Å²) in [5, 5.41) is 6.49. The van der Waals surface area contributed by atoms with Crippen LogP contribution in [0, 0.1) is 0 Å². The lowest BCUT2D eigenvalue weighted by atomic mass is 10.1. The maximum absolute atomic E-state index is 5.85. The topological polar surface area (TPSA) is 63.3 Å². The summed E-state index contributed by atoms with van der Waals surface area (Å²) >= 11 is 1.73. The van der Waals surface area contributed by atoms with Crippen LogP contribution in [-0.4, -0.2) is 24.0 Å². The third-order valence-corrected chi connectivity index (χ3v) is 4.42. The zero-order chi connectivity index (χ0) is 15.3. The number of nitrogens with two attached hydrogens (primary N) is 1. The number of hydrogen-bond donors (Lipinski definition) is 2. The zero-order valence-corrected chi connectivity index (χ0v) is 14.3. The van der Waals surface area contributed by atoms with E-state index in [1.165, 1.54) is 37.1 Å². The molecule has 0 atom stereocenters. The van der Waals surface area contributed by atoms with Crippen LogP contribution in [-0.2, 0) is 12.8 Å². The molecule has 4 nitrogen and oxygen atoms in total. The molecule has 5 heteroatoms. The average molecular weight is 311 g/mol. The van der Waals surface area contributed by atoms with Crippen molar-refractivity contribution in [3.05, 3.63) is 16.1 Å². The molecular weight excluding hydrogens is 280 g/mol. The highest BCUT2D eigenvalue weighted by Crippen LogP contribution is 2.10. The number of unbranched alkanes of at least 4 members (excludes halogenated alkanes) is 5. The molecule has 0 bridgehead atoms. The lowest BCUT2D eigenvalue weighted by Gasteiger charge is -2.04. The fraction of sp³-hybridized carbons (Fsp3) is 0.750. The Kier molecular flexibility index (Phi) is 9.87. The summed E-state index contributed by atoms with van der Waals surface area (Å²) in [6.45, 7) is 6.01. The fourth-order valence-electron chi connectivity index (χ4n) is 2.09. The van der Waals surface area contributed by atoms with Crippen molar-refractivity contribution in [3.63, 3.8) is 0 Å². The molecule has 0 saturated heterocycles. The van der Waals surface area contributed by atoms with Gasteiger partial charge in [-0.15, -0.1) is 11.3 Å². The van der Waals surface area contributed by atoms with E-state index in [0.717, 1.165) is 38.0 Å². The molecule has 1 heterocycles. The predicted octanol–water partition coefficient (Wildman–Crippen LogP) is 3.51. The second-order valence-corrected chi connectivity index (χ2v) is 6.24. The van der Waals surface area contributed by atoms with E-state index < -0.39 is 0 Å². The van der Waals surface area contributed by atoms with Crippen LogP contribution in [0.3, 0.4) is 0 Å². The molecular formula is C16H30N4S. The fourth-order valence-corrected chi connectivity index (χ4v) is 2.87. The number of nitrogens with one attached hydrogen (secondary N) is 1. The Morgan fingerprint density at radius 2 is 2.00 bits per heavy atom. The SMILES string of the molecule is CCCCCCCCN=C(N)NCCc1csc(CC)n1. The van der Waals surface area contributed by atoms with Crippen molar-refractivity contribution in [2.45, 2.75) is 65.2 Å². The number of thiazole rings is 1. The molecule has 120 valence electrons. The van der Waals surface area contributed by atoms with Crippen molar-refractivity contribution in [3.8, 4) is 0 Å². The van der Waals surface area contributed by atoms with Gasteiger partial charge in [0.2, 0.25) is 0 Å². The van der Waals surface area contributed by atoms with Crippen molar-refractivity contribution in [2.24, 2.45) is 10.7 Å². The van der Waals surface area contributed by atoms with E-state index >= 15 is 0 Å². The largest absolute Gasteiger partial charge is 0.370 e. The van der Waals surface area contributed by atoms with Gasteiger partial charge in [-0.05, 0) is 12.8 Å². The number of aliphatic imine (C=N–C) groups is 1. The molecule has 0 amide bonds. The van der Waals surface area contributed by atoms with Crippen LogP contribution in [0.4, 0.5) is 0 Å². The quantitative estimate of drug-likeness (QED) is 0.373. The second kappa shape index (κ2) is 11.5. The molecule has 0 radical (unpaired) electrons. The predicted molar refractivity (Wildman–Crippen MR) is 93.1 cm³/mol. The molecule has 21 heavy (non-hydrogen) atoms. The molecule has 0 aromatic carbocycles. The lowest BCUT2D eigenvalue weighted by Crippen LogP contribution is -2.33. The van der Waals surface area contributed by atoms with Gasteiger partial charge in [0.05, 0.1) is 10.7 Å². The van der Waals surface area contributed by atoms with Gasteiger partial charge in [0, 0.05) is 24.9 Å². The molecule has 0 aliphatic heterocycles. The standard InChI is InChI=1S/C16H30N4S/c1-3-5-6-7-8-9-11-18-16(17)19-12-10-14-13-21-15(4-2)20-14/h13H,3-12H2,1-2H3,(H3,17,18,19). The molecule has 1 aromatic heterocycles. The monoisotopic (exact) mass is 310 g/mol. The molecule has 0 saturated carbocycles. The number of aromatic nitrogens is 1. The summed E-state index contributed by atoms with van der Waals surface area (Å²) in [6, 6.07) is 0. The van der Waals surface area contributed by atoms with Gasteiger partial charge in [0.1, 0.15) is 0 Å². The smallest absolute Gasteiger partial charge is 0.188 e. The van der Waals surface area contributed by atoms with Crippen molar-refractivity contribution in [1.82, 2.24) is 10.3 Å². The summed E-state index contributed by atoms with van der Waals surface area (Å²) < 4.78 is 0.